The van der Waals surface area contributed by atoms with Crippen LogP contribution in [0.2, 0.25) is 0 Å². The Hall–Kier alpha value is -1.51. The Bertz CT molecular complexity index is 588. The number of rotatable bonds is 6. The number of ether oxygens (including phenoxy) is 5. The average molecular weight is 352 g/mol. The minimum absolute atomic E-state index is 0.173. The first kappa shape index (κ1) is 18.3. The van der Waals surface area contributed by atoms with Crippen LogP contribution in [0.4, 0.5) is 0 Å². The van der Waals surface area contributed by atoms with E-state index in [-0.39, 0.29) is 6.61 Å². The highest BCUT2D eigenvalue weighted by molar-refractivity contribution is 5.65. The third kappa shape index (κ3) is 4.37. The second-order valence-corrected chi connectivity index (χ2v) is 6.70. The molecule has 0 radical (unpaired) electrons. The van der Waals surface area contributed by atoms with E-state index in [1.165, 1.54) is 6.92 Å². The zero-order chi connectivity index (χ0) is 18.0. The van der Waals surface area contributed by atoms with Crippen molar-refractivity contribution in [3.05, 3.63) is 35.9 Å². The van der Waals surface area contributed by atoms with E-state index in [0.29, 0.717) is 6.61 Å². The number of aliphatic hydroxyl groups is 1. The maximum absolute atomic E-state index is 11.0. The van der Waals surface area contributed by atoms with Crippen molar-refractivity contribution in [2.45, 2.75) is 63.9 Å². The normalized spacial score (nSPS) is 31.5. The summed E-state index contributed by atoms with van der Waals surface area (Å²) in [7, 11) is 0. The zero-order valence-electron chi connectivity index (χ0n) is 14.6. The van der Waals surface area contributed by atoms with Gasteiger partial charge in [-0.2, -0.15) is 0 Å². The largest absolute Gasteiger partial charge is 0.463 e. The molecule has 2 aliphatic rings. The first-order valence-electron chi connectivity index (χ1n) is 8.34. The van der Waals surface area contributed by atoms with Gasteiger partial charge in [-0.05, 0) is 19.4 Å². The Labute approximate surface area is 146 Å². The molecule has 0 amide bonds. The number of benzene rings is 1. The molecule has 0 saturated carbocycles. The van der Waals surface area contributed by atoms with Crippen molar-refractivity contribution in [1.29, 1.82) is 0 Å². The second kappa shape index (κ2) is 7.39. The molecule has 2 fully saturated rings. The van der Waals surface area contributed by atoms with E-state index in [2.05, 4.69) is 0 Å². The first-order valence-corrected chi connectivity index (χ1v) is 8.34. The van der Waals surface area contributed by atoms with Crippen LogP contribution in [0.1, 0.15) is 26.3 Å². The molecule has 2 saturated heterocycles. The number of carbonyl (C=O) groups is 1. The number of hydrogen-bond acceptors (Lipinski definition) is 7. The van der Waals surface area contributed by atoms with Gasteiger partial charge >= 0.3 is 5.97 Å². The van der Waals surface area contributed by atoms with Crippen LogP contribution in [0.3, 0.4) is 0 Å². The number of esters is 1. The summed E-state index contributed by atoms with van der Waals surface area (Å²) in [5.74, 6) is -1.25. The Balaban J connectivity index is 1.69. The summed E-state index contributed by atoms with van der Waals surface area (Å²) in [5, 5.41) is 10.4. The lowest BCUT2D eigenvalue weighted by Crippen LogP contribution is -2.44. The second-order valence-electron chi connectivity index (χ2n) is 6.70. The summed E-state index contributed by atoms with van der Waals surface area (Å²) in [6.45, 7) is 5.06. The SMILES string of the molecule is CC(=O)OC[C@@H](O)[C@H]1O[C@@H]2OC(C)(C)O[C@@H]2[C@H]1OCc1ccccc1. The van der Waals surface area contributed by atoms with Gasteiger partial charge in [0.05, 0.1) is 6.61 Å². The Morgan fingerprint density at radius 2 is 2.00 bits per heavy atom. The molecule has 1 aromatic rings. The summed E-state index contributed by atoms with van der Waals surface area (Å²) in [5.41, 5.74) is 0.998. The van der Waals surface area contributed by atoms with Crippen molar-refractivity contribution in [1.82, 2.24) is 0 Å². The molecule has 0 aromatic heterocycles. The zero-order valence-corrected chi connectivity index (χ0v) is 14.6. The van der Waals surface area contributed by atoms with Crippen molar-refractivity contribution < 1.29 is 33.6 Å². The molecular weight excluding hydrogens is 328 g/mol. The van der Waals surface area contributed by atoms with Crippen LogP contribution in [0, 0.1) is 0 Å². The van der Waals surface area contributed by atoms with Gasteiger partial charge in [0.2, 0.25) is 0 Å². The molecule has 2 heterocycles. The quantitative estimate of drug-likeness (QED) is 0.774. The third-order valence-corrected chi connectivity index (χ3v) is 4.15. The number of carbonyl (C=O) groups excluding carboxylic acids is 1. The maximum atomic E-state index is 11.0. The van der Waals surface area contributed by atoms with Crippen LogP contribution in [-0.4, -0.2) is 54.2 Å². The number of hydrogen-bond donors (Lipinski definition) is 1. The van der Waals surface area contributed by atoms with Gasteiger partial charge in [-0.3, -0.25) is 4.79 Å². The van der Waals surface area contributed by atoms with E-state index < -0.39 is 42.5 Å². The van der Waals surface area contributed by atoms with Crippen molar-refractivity contribution >= 4 is 5.97 Å². The molecule has 1 aromatic carbocycles. The van der Waals surface area contributed by atoms with Crippen LogP contribution < -0.4 is 0 Å². The van der Waals surface area contributed by atoms with E-state index >= 15 is 0 Å². The minimum atomic E-state index is -1.04. The lowest BCUT2D eigenvalue weighted by Gasteiger charge is -2.28. The molecule has 0 unspecified atom stereocenters. The van der Waals surface area contributed by atoms with Gasteiger partial charge in [0, 0.05) is 6.92 Å². The average Bonchev–Trinajstić information content (AvgIpc) is 3.03. The van der Waals surface area contributed by atoms with Gasteiger partial charge in [0.1, 0.15) is 31.0 Å². The lowest BCUT2D eigenvalue weighted by molar-refractivity contribution is -0.232. The molecule has 7 heteroatoms. The number of aliphatic hydroxyl groups excluding tert-OH is 1. The summed E-state index contributed by atoms with van der Waals surface area (Å²) < 4.78 is 28.3. The van der Waals surface area contributed by atoms with Gasteiger partial charge in [-0.25, -0.2) is 0 Å². The molecule has 2 aliphatic heterocycles. The van der Waals surface area contributed by atoms with E-state index in [9.17, 15) is 9.90 Å². The van der Waals surface area contributed by atoms with Crippen LogP contribution in [0.5, 0.6) is 0 Å². The molecule has 138 valence electrons. The van der Waals surface area contributed by atoms with E-state index in [0.717, 1.165) is 5.56 Å². The summed E-state index contributed by atoms with van der Waals surface area (Å²) in [4.78, 5) is 11.0. The molecule has 25 heavy (non-hydrogen) atoms. The fourth-order valence-electron chi connectivity index (χ4n) is 3.07. The minimum Gasteiger partial charge on any atom is -0.463 e. The molecule has 0 spiro atoms. The van der Waals surface area contributed by atoms with E-state index in [1.54, 1.807) is 13.8 Å². The highest BCUT2D eigenvalue weighted by atomic mass is 16.8. The Kier molecular flexibility index (Phi) is 5.41. The topological polar surface area (TPSA) is 83.5 Å². The fraction of sp³-hybridized carbons (Fsp3) is 0.611. The molecule has 7 nitrogen and oxygen atoms in total. The summed E-state index contributed by atoms with van der Waals surface area (Å²) >= 11 is 0. The van der Waals surface area contributed by atoms with Gasteiger partial charge in [-0.1, -0.05) is 30.3 Å². The van der Waals surface area contributed by atoms with Crippen molar-refractivity contribution in [2.75, 3.05) is 6.61 Å². The maximum Gasteiger partial charge on any atom is 0.302 e. The standard InChI is InChI=1S/C18H24O7/c1-11(19)21-10-13(20)14-15(22-9-12-7-5-4-6-8-12)16-17(23-14)25-18(2,3)24-16/h4-8,13-17,20H,9-10H2,1-3H3/t13-,14-,15+,16-,17-/m1/s1. The fourth-order valence-corrected chi connectivity index (χ4v) is 3.07. The van der Waals surface area contributed by atoms with Crippen LogP contribution >= 0.6 is 0 Å². The van der Waals surface area contributed by atoms with Gasteiger partial charge in [-0.15, -0.1) is 0 Å². The molecule has 0 bridgehead atoms. The predicted octanol–water partition coefficient (Wildman–Crippen LogP) is 1.37. The van der Waals surface area contributed by atoms with Crippen LogP contribution in [0.25, 0.3) is 0 Å². The van der Waals surface area contributed by atoms with Crippen molar-refractivity contribution in [3.63, 3.8) is 0 Å². The lowest BCUT2D eigenvalue weighted by atomic mass is 10.1. The monoisotopic (exact) mass is 352 g/mol. The van der Waals surface area contributed by atoms with Crippen LogP contribution in [-0.2, 0) is 35.1 Å². The van der Waals surface area contributed by atoms with Crippen molar-refractivity contribution in [2.24, 2.45) is 0 Å². The predicted molar refractivity (Wildman–Crippen MR) is 86.4 cm³/mol. The van der Waals surface area contributed by atoms with Crippen molar-refractivity contribution in [3.8, 4) is 0 Å². The van der Waals surface area contributed by atoms with Gasteiger partial charge in [0.15, 0.2) is 12.1 Å². The molecule has 5 atom stereocenters. The molecular formula is C18H24O7. The smallest absolute Gasteiger partial charge is 0.302 e. The third-order valence-electron chi connectivity index (χ3n) is 4.15. The molecule has 3 rings (SSSR count). The van der Waals surface area contributed by atoms with E-state index in [1.807, 2.05) is 30.3 Å². The van der Waals surface area contributed by atoms with Crippen LogP contribution in [0.15, 0.2) is 30.3 Å². The Morgan fingerprint density at radius 1 is 1.28 bits per heavy atom. The first-order chi connectivity index (χ1) is 11.9. The summed E-state index contributed by atoms with van der Waals surface area (Å²) in [6.07, 6.45) is -3.39. The van der Waals surface area contributed by atoms with Gasteiger partial charge in [0.25, 0.3) is 0 Å². The molecule has 0 aliphatic carbocycles. The number of fused-ring (bicyclic) bond motifs is 1. The highest BCUT2D eigenvalue weighted by Gasteiger charge is 2.57. The van der Waals surface area contributed by atoms with E-state index in [4.69, 9.17) is 23.7 Å². The van der Waals surface area contributed by atoms with Gasteiger partial charge < -0.3 is 28.8 Å². The highest BCUT2D eigenvalue weighted by Crippen LogP contribution is 2.40. The summed E-state index contributed by atoms with van der Waals surface area (Å²) in [6, 6.07) is 9.69. The Morgan fingerprint density at radius 3 is 2.68 bits per heavy atom. The molecule has 1 N–H and O–H groups in total.